The molecule has 100 valence electrons. The molecular weight excluding hydrogens is 240 g/mol. The van der Waals surface area contributed by atoms with E-state index in [4.69, 9.17) is 21.1 Å². The lowest BCUT2D eigenvalue weighted by Crippen LogP contribution is -2.51. The number of morpholine rings is 2. The molecule has 2 saturated heterocycles. The number of halogens is 1. The summed E-state index contributed by atoms with van der Waals surface area (Å²) in [5.41, 5.74) is 0. The van der Waals surface area contributed by atoms with Crippen LogP contribution in [0.15, 0.2) is 0 Å². The van der Waals surface area contributed by atoms with Crippen LogP contribution in [-0.4, -0.2) is 80.4 Å². The minimum absolute atomic E-state index is 0.191. The van der Waals surface area contributed by atoms with Crippen LogP contribution in [0, 0.1) is 0 Å². The highest BCUT2D eigenvalue weighted by Gasteiger charge is 2.25. The van der Waals surface area contributed by atoms with Crippen LogP contribution in [0.5, 0.6) is 0 Å². The lowest BCUT2D eigenvalue weighted by atomic mass is 10.2. The Morgan fingerprint density at radius 1 is 1.06 bits per heavy atom. The largest absolute Gasteiger partial charge is 0.374 e. The van der Waals surface area contributed by atoms with Crippen molar-refractivity contribution >= 4 is 11.6 Å². The third-order valence-electron chi connectivity index (χ3n) is 3.53. The van der Waals surface area contributed by atoms with Gasteiger partial charge in [-0.3, -0.25) is 9.80 Å². The van der Waals surface area contributed by atoms with Gasteiger partial charge in [0, 0.05) is 38.6 Å². The second-order valence-corrected chi connectivity index (χ2v) is 5.10. The van der Waals surface area contributed by atoms with Crippen molar-refractivity contribution < 1.29 is 9.47 Å². The highest BCUT2D eigenvalue weighted by atomic mass is 35.5. The van der Waals surface area contributed by atoms with Gasteiger partial charge >= 0.3 is 0 Å². The Bertz CT molecular complexity index is 209. The zero-order chi connectivity index (χ0) is 12.1. The molecule has 2 rings (SSSR count). The molecule has 17 heavy (non-hydrogen) atoms. The van der Waals surface area contributed by atoms with Crippen LogP contribution >= 0.6 is 11.6 Å². The van der Waals surface area contributed by atoms with E-state index in [0.29, 0.717) is 12.0 Å². The summed E-state index contributed by atoms with van der Waals surface area (Å²) in [7, 11) is 0. The maximum absolute atomic E-state index is 5.84. The quantitative estimate of drug-likeness (QED) is 0.695. The molecular formula is C12H23ClN2O2. The lowest BCUT2D eigenvalue weighted by Gasteiger charge is -2.38. The second kappa shape index (κ2) is 6.90. The van der Waals surface area contributed by atoms with E-state index in [1.54, 1.807) is 0 Å². The van der Waals surface area contributed by atoms with E-state index in [9.17, 15) is 0 Å². The van der Waals surface area contributed by atoms with Gasteiger partial charge in [0.05, 0.1) is 25.4 Å². The van der Waals surface area contributed by atoms with Crippen LogP contribution in [-0.2, 0) is 9.47 Å². The Labute approximate surface area is 109 Å². The number of hydrogen-bond acceptors (Lipinski definition) is 4. The molecule has 0 bridgehead atoms. The molecule has 0 aromatic rings. The van der Waals surface area contributed by atoms with E-state index in [2.05, 4.69) is 16.7 Å². The number of hydrogen-bond donors (Lipinski definition) is 0. The predicted octanol–water partition coefficient (Wildman–Crippen LogP) is 0.647. The van der Waals surface area contributed by atoms with Crippen LogP contribution in [0.4, 0.5) is 0 Å². The lowest BCUT2D eigenvalue weighted by molar-refractivity contribution is -0.0692. The molecule has 0 saturated carbocycles. The van der Waals surface area contributed by atoms with Gasteiger partial charge < -0.3 is 9.47 Å². The molecule has 0 aromatic heterocycles. The molecule has 0 N–H and O–H groups in total. The average Bonchev–Trinajstić information content (AvgIpc) is 2.39. The molecule has 0 aliphatic carbocycles. The van der Waals surface area contributed by atoms with Gasteiger partial charge in [-0.05, 0) is 6.54 Å². The van der Waals surface area contributed by atoms with Crippen molar-refractivity contribution in [1.29, 1.82) is 0 Å². The fourth-order valence-corrected chi connectivity index (χ4v) is 2.69. The van der Waals surface area contributed by atoms with Crippen LogP contribution in [0.25, 0.3) is 0 Å². The maximum atomic E-state index is 5.84. The minimum Gasteiger partial charge on any atom is -0.374 e. The SMILES string of the molecule is CCN1CCOC(CN2CCOC(CCl)C2)C1. The molecule has 0 amide bonds. The molecule has 5 heteroatoms. The third kappa shape index (κ3) is 4.07. The molecule has 0 aromatic carbocycles. The van der Waals surface area contributed by atoms with Gasteiger partial charge in [-0.1, -0.05) is 6.92 Å². The molecule has 0 radical (unpaired) electrons. The molecule has 2 unspecified atom stereocenters. The first-order valence-corrected chi connectivity index (χ1v) is 7.09. The zero-order valence-corrected chi connectivity index (χ0v) is 11.4. The summed E-state index contributed by atoms with van der Waals surface area (Å²) in [5.74, 6) is 0.586. The molecule has 4 nitrogen and oxygen atoms in total. The Morgan fingerprint density at radius 3 is 2.41 bits per heavy atom. The molecule has 2 aliphatic rings. The van der Waals surface area contributed by atoms with Crippen LogP contribution in [0.2, 0.25) is 0 Å². The van der Waals surface area contributed by atoms with E-state index in [0.717, 1.165) is 52.5 Å². The summed E-state index contributed by atoms with van der Waals surface area (Å²) in [6, 6.07) is 0. The minimum atomic E-state index is 0.191. The molecule has 2 aliphatic heterocycles. The summed E-state index contributed by atoms with van der Waals surface area (Å²) >= 11 is 5.84. The van der Waals surface area contributed by atoms with Crippen molar-refractivity contribution in [3.05, 3.63) is 0 Å². The normalized spacial score (nSPS) is 32.8. The molecule has 2 atom stereocenters. The van der Waals surface area contributed by atoms with E-state index in [1.165, 1.54) is 0 Å². The highest BCUT2D eigenvalue weighted by molar-refractivity contribution is 6.18. The summed E-state index contributed by atoms with van der Waals surface area (Å²) in [6.45, 7) is 10.1. The number of likely N-dealkylation sites (N-methyl/N-ethyl adjacent to an activating group) is 1. The Morgan fingerprint density at radius 2 is 1.71 bits per heavy atom. The van der Waals surface area contributed by atoms with E-state index in [1.807, 2.05) is 0 Å². The van der Waals surface area contributed by atoms with Crippen LogP contribution in [0.1, 0.15) is 6.92 Å². The first-order chi connectivity index (χ1) is 8.31. The second-order valence-electron chi connectivity index (χ2n) is 4.79. The molecule has 2 fully saturated rings. The molecule has 2 heterocycles. The molecule has 0 spiro atoms. The Kier molecular flexibility index (Phi) is 5.50. The Hall–Kier alpha value is 0.130. The van der Waals surface area contributed by atoms with Crippen molar-refractivity contribution in [2.45, 2.75) is 19.1 Å². The monoisotopic (exact) mass is 262 g/mol. The number of ether oxygens (including phenoxy) is 2. The zero-order valence-electron chi connectivity index (χ0n) is 10.6. The van der Waals surface area contributed by atoms with Crippen LogP contribution < -0.4 is 0 Å². The van der Waals surface area contributed by atoms with Gasteiger partial charge in [0.1, 0.15) is 0 Å². The summed E-state index contributed by atoms with van der Waals surface area (Å²) in [6.07, 6.45) is 0.536. The number of nitrogens with zero attached hydrogens (tertiary/aromatic N) is 2. The van der Waals surface area contributed by atoms with Crippen molar-refractivity contribution in [3.8, 4) is 0 Å². The summed E-state index contributed by atoms with van der Waals surface area (Å²) in [5, 5.41) is 0. The fraction of sp³-hybridized carbons (Fsp3) is 1.00. The topological polar surface area (TPSA) is 24.9 Å². The highest BCUT2D eigenvalue weighted by Crippen LogP contribution is 2.11. The van der Waals surface area contributed by atoms with Crippen molar-refractivity contribution in [2.24, 2.45) is 0 Å². The van der Waals surface area contributed by atoms with Crippen molar-refractivity contribution in [2.75, 3.05) is 58.4 Å². The van der Waals surface area contributed by atoms with Gasteiger partial charge in [-0.25, -0.2) is 0 Å². The first-order valence-electron chi connectivity index (χ1n) is 6.55. The third-order valence-corrected chi connectivity index (χ3v) is 3.87. The van der Waals surface area contributed by atoms with Gasteiger partial charge in [0.2, 0.25) is 0 Å². The van der Waals surface area contributed by atoms with Gasteiger partial charge in [-0.15, -0.1) is 11.6 Å². The first kappa shape index (κ1) is 13.6. The Balaban J connectivity index is 1.75. The van der Waals surface area contributed by atoms with Crippen molar-refractivity contribution in [3.63, 3.8) is 0 Å². The van der Waals surface area contributed by atoms with Gasteiger partial charge in [-0.2, -0.15) is 0 Å². The fourth-order valence-electron chi connectivity index (χ4n) is 2.51. The van der Waals surface area contributed by atoms with E-state index in [-0.39, 0.29) is 6.10 Å². The summed E-state index contributed by atoms with van der Waals surface area (Å²) in [4.78, 5) is 4.87. The van der Waals surface area contributed by atoms with Crippen LogP contribution in [0.3, 0.4) is 0 Å². The number of rotatable bonds is 4. The van der Waals surface area contributed by atoms with E-state index < -0.39 is 0 Å². The summed E-state index contributed by atoms with van der Waals surface area (Å²) < 4.78 is 11.4. The maximum Gasteiger partial charge on any atom is 0.0837 e. The van der Waals surface area contributed by atoms with Crippen molar-refractivity contribution in [1.82, 2.24) is 9.80 Å². The smallest absolute Gasteiger partial charge is 0.0837 e. The van der Waals surface area contributed by atoms with Gasteiger partial charge in [0.25, 0.3) is 0 Å². The number of alkyl halides is 1. The standard InChI is InChI=1S/C12H23ClN2O2/c1-2-14-3-5-17-12(9-14)10-15-4-6-16-11(7-13)8-15/h11-12H,2-10H2,1H3. The predicted molar refractivity (Wildman–Crippen MR) is 68.8 cm³/mol. The van der Waals surface area contributed by atoms with Gasteiger partial charge in [0.15, 0.2) is 0 Å². The average molecular weight is 263 g/mol. The van der Waals surface area contributed by atoms with E-state index >= 15 is 0 Å².